The van der Waals surface area contributed by atoms with Crippen molar-refractivity contribution in [2.75, 3.05) is 7.11 Å². The predicted octanol–water partition coefficient (Wildman–Crippen LogP) is 3.56. The number of nitrogens with one attached hydrogen (secondary N) is 1. The van der Waals surface area contributed by atoms with E-state index in [1.165, 1.54) is 7.11 Å². The Balaban J connectivity index is 2.39. The molecular formula is C16H13ClN2O2. The van der Waals surface area contributed by atoms with Crippen LogP contribution in [0.25, 0.3) is 22.3 Å². The van der Waals surface area contributed by atoms with Gasteiger partial charge >= 0.3 is 0 Å². The molecule has 1 aromatic heterocycles. The zero-order valence-electron chi connectivity index (χ0n) is 11.6. The van der Waals surface area contributed by atoms with Crippen LogP contribution in [0.2, 0.25) is 5.02 Å². The van der Waals surface area contributed by atoms with Crippen LogP contribution in [0.3, 0.4) is 0 Å². The monoisotopic (exact) mass is 300 g/mol. The van der Waals surface area contributed by atoms with Gasteiger partial charge in [-0.25, -0.2) is 4.98 Å². The highest BCUT2D eigenvalue weighted by Gasteiger charge is 2.15. The smallest absolute Gasteiger partial charge is 0.259 e. The van der Waals surface area contributed by atoms with E-state index in [0.29, 0.717) is 33.1 Å². The largest absolute Gasteiger partial charge is 0.494 e. The SMILES string of the molecule is COc1cc(Cl)c(C)c2c(=O)[nH]c(-c3ccccc3)nc12. The molecule has 106 valence electrons. The van der Waals surface area contributed by atoms with E-state index in [0.717, 1.165) is 5.56 Å². The van der Waals surface area contributed by atoms with E-state index in [4.69, 9.17) is 16.3 Å². The molecule has 0 aliphatic carbocycles. The third-order valence-corrected chi connectivity index (χ3v) is 3.80. The first-order valence-corrected chi connectivity index (χ1v) is 6.82. The number of nitrogens with zero attached hydrogens (tertiary/aromatic N) is 1. The second-order valence-corrected chi connectivity index (χ2v) is 5.10. The molecule has 0 fully saturated rings. The van der Waals surface area contributed by atoms with E-state index < -0.39 is 0 Å². The minimum atomic E-state index is -0.225. The summed E-state index contributed by atoms with van der Waals surface area (Å²) in [6, 6.07) is 11.2. The Morgan fingerprint density at radius 1 is 1.24 bits per heavy atom. The number of halogens is 1. The van der Waals surface area contributed by atoms with Crippen LogP contribution < -0.4 is 10.3 Å². The van der Waals surface area contributed by atoms with Gasteiger partial charge in [0.25, 0.3) is 5.56 Å². The Morgan fingerprint density at radius 3 is 2.62 bits per heavy atom. The van der Waals surface area contributed by atoms with Gasteiger partial charge in [-0.2, -0.15) is 0 Å². The lowest BCUT2D eigenvalue weighted by atomic mass is 10.1. The van der Waals surface area contributed by atoms with E-state index >= 15 is 0 Å². The van der Waals surface area contributed by atoms with E-state index in [-0.39, 0.29) is 5.56 Å². The van der Waals surface area contributed by atoms with Crippen LogP contribution in [-0.2, 0) is 0 Å². The molecule has 2 aromatic carbocycles. The number of ether oxygens (including phenoxy) is 1. The highest BCUT2D eigenvalue weighted by atomic mass is 35.5. The third-order valence-electron chi connectivity index (χ3n) is 3.41. The summed E-state index contributed by atoms with van der Waals surface area (Å²) in [5.41, 5.74) is 1.83. The fourth-order valence-electron chi connectivity index (χ4n) is 2.30. The van der Waals surface area contributed by atoms with Gasteiger partial charge in [-0.15, -0.1) is 0 Å². The lowest BCUT2D eigenvalue weighted by Crippen LogP contribution is -2.11. The number of fused-ring (bicyclic) bond motifs is 1. The molecule has 0 unspecified atom stereocenters. The molecule has 0 aliphatic heterocycles. The molecule has 5 heteroatoms. The normalized spacial score (nSPS) is 10.8. The van der Waals surface area contributed by atoms with Gasteiger partial charge < -0.3 is 9.72 Å². The first kappa shape index (κ1) is 13.6. The highest BCUT2D eigenvalue weighted by Crippen LogP contribution is 2.31. The van der Waals surface area contributed by atoms with Gasteiger partial charge in [0.15, 0.2) is 0 Å². The quantitative estimate of drug-likeness (QED) is 0.787. The average Bonchev–Trinajstić information content (AvgIpc) is 2.51. The number of hydrogen-bond acceptors (Lipinski definition) is 3. The van der Waals surface area contributed by atoms with Crippen LogP contribution in [0, 0.1) is 6.92 Å². The zero-order chi connectivity index (χ0) is 15.0. The van der Waals surface area contributed by atoms with E-state index in [2.05, 4.69) is 9.97 Å². The van der Waals surface area contributed by atoms with Crippen molar-refractivity contribution in [1.29, 1.82) is 0 Å². The molecule has 0 saturated carbocycles. The number of aromatic nitrogens is 2. The molecule has 3 aromatic rings. The second-order valence-electron chi connectivity index (χ2n) is 4.69. The van der Waals surface area contributed by atoms with Gasteiger partial charge in [-0.3, -0.25) is 4.79 Å². The van der Waals surface area contributed by atoms with Crippen molar-refractivity contribution in [3.63, 3.8) is 0 Å². The van der Waals surface area contributed by atoms with Crippen molar-refractivity contribution in [3.05, 3.63) is 57.3 Å². The lowest BCUT2D eigenvalue weighted by Gasteiger charge is -2.10. The summed E-state index contributed by atoms with van der Waals surface area (Å²) in [5, 5.41) is 0.943. The number of rotatable bonds is 2. The second kappa shape index (κ2) is 5.22. The molecule has 0 atom stereocenters. The maximum Gasteiger partial charge on any atom is 0.259 e. The molecule has 1 heterocycles. The Bertz CT molecular complexity index is 873. The van der Waals surface area contributed by atoms with Gasteiger partial charge in [-0.05, 0) is 12.5 Å². The molecule has 21 heavy (non-hydrogen) atoms. The van der Waals surface area contributed by atoms with E-state index in [9.17, 15) is 4.79 Å². The lowest BCUT2D eigenvalue weighted by molar-refractivity contribution is 0.419. The standard InChI is InChI=1S/C16H13ClN2O2/c1-9-11(17)8-12(21-2)14-13(9)16(20)19-15(18-14)10-6-4-3-5-7-10/h3-8H,1-2H3,(H,18,19,20). The van der Waals surface area contributed by atoms with Crippen LogP contribution in [0.5, 0.6) is 5.75 Å². The Labute approximate surface area is 126 Å². The van der Waals surface area contributed by atoms with E-state index in [1.54, 1.807) is 13.0 Å². The minimum absolute atomic E-state index is 0.225. The molecule has 0 amide bonds. The number of aryl methyl sites for hydroxylation is 1. The third kappa shape index (κ3) is 2.28. The van der Waals surface area contributed by atoms with Crippen LogP contribution >= 0.6 is 11.6 Å². The first-order chi connectivity index (χ1) is 10.1. The van der Waals surface area contributed by atoms with Crippen LogP contribution in [0.1, 0.15) is 5.56 Å². The van der Waals surface area contributed by atoms with Gasteiger partial charge in [-0.1, -0.05) is 41.9 Å². The molecule has 1 N–H and O–H groups in total. The number of hydrogen-bond donors (Lipinski definition) is 1. The summed E-state index contributed by atoms with van der Waals surface area (Å²) in [5.74, 6) is 0.997. The molecule has 4 nitrogen and oxygen atoms in total. The van der Waals surface area contributed by atoms with Crippen LogP contribution in [0.4, 0.5) is 0 Å². The predicted molar refractivity (Wildman–Crippen MR) is 84.1 cm³/mol. The van der Waals surface area contributed by atoms with Gasteiger partial charge in [0.05, 0.1) is 12.5 Å². The molecule has 0 aliphatic rings. The fourth-order valence-corrected chi connectivity index (χ4v) is 2.49. The molecule has 0 spiro atoms. The topological polar surface area (TPSA) is 55.0 Å². The van der Waals surface area contributed by atoms with Gasteiger partial charge in [0.1, 0.15) is 17.1 Å². The van der Waals surface area contributed by atoms with Crippen molar-refractivity contribution < 1.29 is 4.74 Å². The van der Waals surface area contributed by atoms with Gasteiger partial charge in [0.2, 0.25) is 0 Å². The average molecular weight is 301 g/mol. The van der Waals surface area contributed by atoms with E-state index in [1.807, 2.05) is 30.3 Å². The number of methoxy groups -OCH3 is 1. The summed E-state index contributed by atoms with van der Waals surface area (Å²) in [6.07, 6.45) is 0. The molecule has 0 saturated heterocycles. The number of benzene rings is 2. The van der Waals surface area contributed by atoms with Crippen molar-refractivity contribution in [2.24, 2.45) is 0 Å². The summed E-state index contributed by atoms with van der Waals surface area (Å²) < 4.78 is 5.31. The summed E-state index contributed by atoms with van der Waals surface area (Å²) in [4.78, 5) is 19.7. The first-order valence-electron chi connectivity index (χ1n) is 6.44. The Hall–Kier alpha value is -2.33. The Morgan fingerprint density at radius 2 is 1.95 bits per heavy atom. The fraction of sp³-hybridized carbons (Fsp3) is 0.125. The molecule has 3 rings (SSSR count). The zero-order valence-corrected chi connectivity index (χ0v) is 12.4. The van der Waals surface area contributed by atoms with Crippen molar-refractivity contribution >= 4 is 22.5 Å². The Kier molecular flexibility index (Phi) is 3.39. The summed E-state index contributed by atoms with van der Waals surface area (Å²) >= 11 is 6.14. The molecule has 0 radical (unpaired) electrons. The minimum Gasteiger partial charge on any atom is -0.494 e. The summed E-state index contributed by atoms with van der Waals surface area (Å²) in [7, 11) is 1.53. The maximum atomic E-state index is 12.4. The van der Waals surface area contributed by atoms with Gasteiger partial charge in [0, 0.05) is 16.7 Å². The number of aromatic amines is 1. The molecular weight excluding hydrogens is 288 g/mol. The summed E-state index contributed by atoms with van der Waals surface area (Å²) in [6.45, 7) is 1.79. The maximum absolute atomic E-state index is 12.4. The number of H-pyrrole nitrogens is 1. The van der Waals surface area contributed by atoms with Crippen LogP contribution in [0.15, 0.2) is 41.2 Å². The highest BCUT2D eigenvalue weighted by molar-refractivity contribution is 6.32. The van der Waals surface area contributed by atoms with Crippen molar-refractivity contribution in [1.82, 2.24) is 9.97 Å². The molecule has 0 bridgehead atoms. The van der Waals surface area contributed by atoms with Crippen LogP contribution in [-0.4, -0.2) is 17.1 Å². The van der Waals surface area contributed by atoms with Crippen molar-refractivity contribution in [3.8, 4) is 17.1 Å². The van der Waals surface area contributed by atoms with Crippen molar-refractivity contribution in [2.45, 2.75) is 6.92 Å².